The van der Waals surface area contributed by atoms with Crippen LogP contribution in [0.25, 0.3) is 0 Å². The third-order valence-corrected chi connectivity index (χ3v) is 3.98. The molecule has 1 fully saturated rings. The van der Waals surface area contributed by atoms with Crippen LogP contribution in [0.1, 0.15) is 24.4 Å². The van der Waals surface area contributed by atoms with Crippen LogP contribution in [0.15, 0.2) is 18.2 Å². The van der Waals surface area contributed by atoms with E-state index < -0.39 is 0 Å². The zero-order valence-electron chi connectivity index (χ0n) is 9.29. The molecule has 2 atom stereocenters. The Morgan fingerprint density at radius 2 is 2.06 bits per heavy atom. The zero-order valence-corrected chi connectivity index (χ0v) is 10.8. The normalized spacial score (nSPS) is 27.0. The highest BCUT2D eigenvalue weighted by Gasteiger charge is 2.25. The fourth-order valence-electron chi connectivity index (χ4n) is 2.22. The lowest BCUT2D eigenvalue weighted by atomic mass is 9.93. The van der Waals surface area contributed by atoms with Crippen molar-refractivity contribution in [2.45, 2.75) is 24.9 Å². The van der Waals surface area contributed by atoms with Gasteiger partial charge in [0, 0.05) is 12.1 Å². The summed E-state index contributed by atoms with van der Waals surface area (Å²) in [6, 6.07) is 6.48. The van der Waals surface area contributed by atoms with Crippen LogP contribution in [0, 0.1) is 0 Å². The molecule has 0 aliphatic carbocycles. The van der Waals surface area contributed by atoms with E-state index in [9.17, 15) is 0 Å². The van der Waals surface area contributed by atoms with Crippen LogP contribution in [0.4, 0.5) is 0 Å². The van der Waals surface area contributed by atoms with Crippen molar-refractivity contribution in [2.75, 3.05) is 13.6 Å². The molecular weight excluding hydrogens is 243 g/mol. The summed E-state index contributed by atoms with van der Waals surface area (Å²) in [5, 5.41) is 1.22. The monoisotopic (exact) mass is 258 g/mol. The number of halogens is 2. The van der Waals surface area contributed by atoms with Gasteiger partial charge in [-0.3, -0.25) is 4.90 Å². The number of nitrogens with zero attached hydrogens (tertiary/aromatic N) is 1. The van der Waals surface area contributed by atoms with Crippen LogP contribution < -0.4 is 5.73 Å². The number of nitrogens with two attached hydrogens (primary N) is 1. The Labute approximate surface area is 106 Å². The maximum atomic E-state index is 6.04. The van der Waals surface area contributed by atoms with Crippen molar-refractivity contribution in [3.8, 4) is 0 Å². The minimum absolute atomic E-state index is 0.288. The minimum atomic E-state index is 0.288. The van der Waals surface area contributed by atoms with E-state index in [4.69, 9.17) is 28.9 Å². The van der Waals surface area contributed by atoms with E-state index in [0.29, 0.717) is 16.1 Å². The van der Waals surface area contributed by atoms with Crippen LogP contribution in [0.2, 0.25) is 10.0 Å². The van der Waals surface area contributed by atoms with Crippen molar-refractivity contribution in [2.24, 2.45) is 5.73 Å². The second-order valence-electron chi connectivity index (χ2n) is 4.45. The molecule has 2 N–H and O–H groups in total. The molecule has 2 unspecified atom stereocenters. The average Bonchev–Trinajstić information content (AvgIpc) is 2.26. The van der Waals surface area contributed by atoms with Gasteiger partial charge in [0.2, 0.25) is 0 Å². The number of likely N-dealkylation sites (tertiary alicyclic amines) is 1. The third-order valence-electron chi connectivity index (χ3n) is 3.24. The number of hydrogen-bond acceptors (Lipinski definition) is 2. The highest BCUT2D eigenvalue weighted by atomic mass is 35.5. The van der Waals surface area contributed by atoms with E-state index in [2.05, 4.69) is 11.9 Å². The molecule has 0 saturated carbocycles. The third kappa shape index (κ3) is 2.51. The summed E-state index contributed by atoms with van der Waals surface area (Å²) in [5.74, 6) is 0. The van der Waals surface area contributed by atoms with Gasteiger partial charge in [0.15, 0.2) is 0 Å². The van der Waals surface area contributed by atoms with Gasteiger partial charge >= 0.3 is 0 Å². The van der Waals surface area contributed by atoms with Crippen molar-refractivity contribution >= 4 is 23.2 Å². The predicted molar refractivity (Wildman–Crippen MR) is 69.0 cm³/mol. The maximum absolute atomic E-state index is 6.04. The summed E-state index contributed by atoms with van der Waals surface area (Å²) in [4.78, 5) is 2.32. The molecular formula is C12H16Cl2N2. The fourth-order valence-corrected chi connectivity index (χ4v) is 2.53. The Morgan fingerprint density at radius 3 is 2.75 bits per heavy atom. The Balaban J connectivity index is 2.24. The first kappa shape index (κ1) is 12.2. The van der Waals surface area contributed by atoms with E-state index in [1.807, 2.05) is 18.2 Å². The molecule has 0 radical (unpaired) electrons. The number of piperidine rings is 1. The van der Waals surface area contributed by atoms with Crippen LogP contribution in [-0.2, 0) is 0 Å². The van der Waals surface area contributed by atoms with Crippen LogP contribution >= 0.6 is 23.2 Å². The lowest BCUT2D eigenvalue weighted by Gasteiger charge is -2.36. The molecule has 0 bridgehead atoms. The standard InChI is InChI=1S/C12H16Cl2N2/c1-16-5-4-9(15)7-12(16)8-2-3-10(13)11(14)6-8/h2-3,6,9,12H,4-5,7,15H2,1H3. The fraction of sp³-hybridized carbons (Fsp3) is 0.500. The highest BCUT2D eigenvalue weighted by Crippen LogP contribution is 2.32. The van der Waals surface area contributed by atoms with Gasteiger partial charge in [0.05, 0.1) is 10.0 Å². The molecule has 1 aliphatic rings. The van der Waals surface area contributed by atoms with Crippen LogP contribution in [0.3, 0.4) is 0 Å². The minimum Gasteiger partial charge on any atom is -0.328 e. The Bertz CT molecular complexity index is 381. The summed E-state index contributed by atoms with van der Waals surface area (Å²) in [6.07, 6.45) is 2.04. The Hall–Kier alpha value is -0.280. The molecule has 88 valence electrons. The quantitative estimate of drug-likeness (QED) is 0.839. The lowest BCUT2D eigenvalue weighted by molar-refractivity contribution is 0.171. The molecule has 1 aliphatic heterocycles. The molecule has 0 amide bonds. The summed E-state index contributed by atoms with van der Waals surface area (Å²) >= 11 is 11.9. The van der Waals surface area contributed by atoms with Crippen molar-refractivity contribution in [1.29, 1.82) is 0 Å². The predicted octanol–water partition coefficient (Wildman–Crippen LogP) is 3.09. The van der Waals surface area contributed by atoms with Crippen molar-refractivity contribution < 1.29 is 0 Å². The topological polar surface area (TPSA) is 29.3 Å². The summed E-state index contributed by atoms with van der Waals surface area (Å²) < 4.78 is 0. The summed E-state index contributed by atoms with van der Waals surface area (Å²) in [7, 11) is 2.12. The smallest absolute Gasteiger partial charge is 0.0595 e. The molecule has 1 aromatic carbocycles. The van der Waals surface area contributed by atoms with Gasteiger partial charge in [0.1, 0.15) is 0 Å². The molecule has 0 aromatic heterocycles. The number of hydrogen-bond donors (Lipinski definition) is 1. The van der Waals surface area contributed by atoms with Gasteiger partial charge in [-0.2, -0.15) is 0 Å². The first-order valence-electron chi connectivity index (χ1n) is 5.48. The van der Waals surface area contributed by atoms with Gasteiger partial charge in [-0.25, -0.2) is 0 Å². The molecule has 4 heteroatoms. The number of rotatable bonds is 1. The van der Waals surface area contributed by atoms with E-state index in [1.165, 1.54) is 5.56 Å². The molecule has 2 rings (SSSR count). The van der Waals surface area contributed by atoms with Gasteiger partial charge in [-0.15, -0.1) is 0 Å². The second-order valence-corrected chi connectivity index (χ2v) is 5.27. The molecule has 2 nitrogen and oxygen atoms in total. The largest absolute Gasteiger partial charge is 0.328 e. The molecule has 0 spiro atoms. The summed E-state index contributed by atoms with van der Waals surface area (Å²) in [6.45, 7) is 1.03. The van der Waals surface area contributed by atoms with Gasteiger partial charge in [0.25, 0.3) is 0 Å². The van der Waals surface area contributed by atoms with Gasteiger partial charge in [-0.1, -0.05) is 29.3 Å². The SMILES string of the molecule is CN1CCC(N)CC1c1ccc(Cl)c(Cl)c1. The number of benzene rings is 1. The Kier molecular flexibility index (Phi) is 3.75. The summed E-state index contributed by atoms with van der Waals surface area (Å²) in [5.41, 5.74) is 7.21. The highest BCUT2D eigenvalue weighted by molar-refractivity contribution is 6.42. The van der Waals surface area contributed by atoms with Gasteiger partial charge in [-0.05, 0) is 44.1 Å². The van der Waals surface area contributed by atoms with E-state index >= 15 is 0 Å². The Morgan fingerprint density at radius 1 is 1.31 bits per heavy atom. The van der Waals surface area contributed by atoms with E-state index in [1.54, 1.807) is 0 Å². The maximum Gasteiger partial charge on any atom is 0.0595 e. The first-order chi connectivity index (χ1) is 7.58. The van der Waals surface area contributed by atoms with Crippen molar-refractivity contribution in [3.63, 3.8) is 0 Å². The molecule has 16 heavy (non-hydrogen) atoms. The van der Waals surface area contributed by atoms with Crippen LogP contribution in [-0.4, -0.2) is 24.5 Å². The average molecular weight is 259 g/mol. The first-order valence-corrected chi connectivity index (χ1v) is 6.24. The second kappa shape index (κ2) is 4.92. The van der Waals surface area contributed by atoms with E-state index in [0.717, 1.165) is 19.4 Å². The molecule has 1 aromatic rings. The van der Waals surface area contributed by atoms with Crippen molar-refractivity contribution in [3.05, 3.63) is 33.8 Å². The molecule has 1 saturated heterocycles. The van der Waals surface area contributed by atoms with Gasteiger partial charge < -0.3 is 5.73 Å². The zero-order chi connectivity index (χ0) is 11.7. The molecule has 1 heterocycles. The lowest BCUT2D eigenvalue weighted by Crippen LogP contribution is -2.39. The van der Waals surface area contributed by atoms with E-state index in [-0.39, 0.29) is 6.04 Å². The van der Waals surface area contributed by atoms with Crippen molar-refractivity contribution in [1.82, 2.24) is 4.90 Å². The van der Waals surface area contributed by atoms with Crippen LogP contribution in [0.5, 0.6) is 0 Å².